The zero-order valence-electron chi connectivity index (χ0n) is 15.9. The van der Waals surface area contributed by atoms with E-state index in [1.54, 1.807) is 37.7 Å². The Hall–Kier alpha value is -2.87. The molecule has 0 aliphatic rings. The third-order valence-corrected chi connectivity index (χ3v) is 5.34. The molecule has 0 aliphatic carbocycles. The van der Waals surface area contributed by atoms with Crippen LogP contribution in [0.1, 0.15) is 22.5 Å². The number of hydrogen-bond acceptors (Lipinski definition) is 3. The lowest BCUT2D eigenvalue weighted by atomic mass is 10.1. The molecule has 150 valence electrons. The molecule has 0 aliphatic heterocycles. The summed E-state index contributed by atoms with van der Waals surface area (Å²) in [5.74, 6) is 0. The standard InChI is InChI=1S/C20H17ClF3N5/c1-11-18-15(20(22,23)24)8-17(14-9-25-28(3)12(14)2)26-19(18)29(27-11)10-13-6-4-5-7-16(13)21/h4-9H,10H2,1-3H3. The van der Waals surface area contributed by atoms with Gasteiger partial charge in [-0.1, -0.05) is 29.8 Å². The number of aryl methyl sites for hydroxylation is 2. The quantitative estimate of drug-likeness (QED) is 0.460. The topological polar surface area (TPSA) is 48.5 Å². The van der Waals surface area contributed by atoms with Crippen LogP contribution in [0, 0.1) is 13.8 Å². The summed E-state index contributed by atoms with van der Waals surface area (Å²) in [6, 6.07) is 8.22. The summed E-state index contributed by atoms with van der Waals surface area (Å²) in [6.45, 7) is 3.55. The molecule has 0 radical (unpaired) electrons. The SMILES string of the molecule is Cc1nn(Cc2ccccc2Cl)c2nc(-c3cnn(C)c3C)cc(C(F)(F)F)c12. The molecular formula is C20H17ClF3N5. The lowest BCUT2D eigenvalue weighted by molar-refractivity contribution is -0.136. The van der Waals surface area contributed by atoms with Gasteiger partial charge >= 0.3 is 6.18 Å². The average Bonchev–Trinajstić information content (AvgIpc) is 3.15. The minimum atomic E-state index is -4.55. The van der Waals surface area contributed by atoms with Gasteiger partial charge < -0.3 is 0 Å². The molecule has 0 fully saturated rings. The lowest BCUT2D eigenvalue weighted by Crippen LogP contribution is -2.09. The van der Waals surface area contributed by atoms with Crippen LogP contribution in [-0.4, -0.2) is 24.5 Å². The van der Waals surface area contributed by atoms with Gasteiger partial charge in [-0.3, -0.25) is 4.68 Å². The Kier molecular flexibility index (Phi) is 4.61. The molecule has 0 unspecified atom stereocenters. The van der Waals surface area contributed by atoms with Crippen LogP contribution in [0.3, 0.4) is 0 Å². The van der Waals surface area contributed by atoms with Gasteiger partial charge in [-0.05, 0) is 31.5 Å². The molecule has 0 spiro atoms. The van der Waals surface area contributed by atoms with Gasteiger partial charge in [0.25, 0.3) is 0 Å². The van der Waals surface area contributed by atoms with Crippen LogP contribution in [0.2, 0.25) is 5.02 Å². The fraction of sp³-hybridized carbons (Fsp3) is 0.250. The summed E-state index contributed by atoms with van der Waals surface area (Å²) in [5.41, 5.74) is 1.88. The van der Waals surface area contributed by atoms with E-state index in [9.17, 15) is 13.2 Å². The van der Waals surface area contributed by atoms with Crippen LogP contribution in [-0.2, 0) is 19.8 Å². The van der Waals surface area contributed by atoms with Crippen molar-refractivity contribution >= 4 is 22.6 Å². The minimum absolute atomic E-state index is 0.00477. The molecule has 1 aromatic carbocycles. The van der Waals surface area contributed by atoms with Crippen molar-refractivity contribution in [2.24, 2.45) is 7.05 Å². The maximum atomic E-state index is 13.9. The van der Waals surface area contributed by atoms with Gasteiger partial charge in [0.05, 0.1) is 35.1 Å². The van der Waals surface area contributed by atoms with Crippen molar-refractivity contribution in [3.05, 3.63) is 64.1 Å². The zero-order chi connectivity index (χ0) is 20.9. The molecule has 0 N–H and O–H groups in total. The number of fused-ring (bicyclic) bond motifs is 1. The molecule has 0 amide bonds. The number of halogens is 4. The molecule has 9 heteroatoms. The van der Waals surface area contributed by atoms with E-state index in [-0.39, 0.29) is 29.0 Å². The number of aromatic nitrogens is 5. The van der Waals surface area contributed by atoms with E-state index in [1.807, 2.05) is 12.1 Å². The van der Waals surface area contributed by atoms with Gasteiger partial charge in [0.1, 0.15) is 0 Å². The van der Waals surface area contributed by atoms with Gasteiger partial charge in [-0.25, -0.2) is 9.67 Å². The third kappa shape index (κ3) is 3.37. The number of pyridine rings is 1. The fourth-order valence-electron chi connectivity index (χ4n) is 3.36. The van der Waals surface area contributed by atoms with E-state index >= 15 is 0 Å². The molecule has 0 saturated carbocycles. The minimum Gasteiger partial charge on any atom is -0.272 e. The first-order chi connectivity index (χ1) is 13.7. The normalized spacial score (nSPS) is 12.1. The predicted molar refractivity (Wildman–Crippen MR) is 105 cm³/mol. The summed E-state index contributed by atoms with van der Waals surface area (Å²) >= 11 is 6.23. The van der Waals surface area contributed by atoms with Crippen molar-refractivity contribution in [2.75, 3.05) is 0 Å². The van der Waals surface area contributed by atoms with Gasteiger partial charge in [-0.15, -0.1) is 0 Å². The summed E-state index contributed by atoms with van der Waals surface area (Å²) in [4.78, 5) is 4.54. The first kappa shape index (κ1) is 19.4. The van der Waals surface area contributed by atoms with E-state index in [2.05, 4.69) is 15.2 Å². The van der Waals surface area contributed by atoms with Crippen molar-refractivity contribution in [3.63, 3.8) is 0 Å². The highest BCUT2D eigenvalue weighted by atomic mass is 35.5. The van der Waals surface area contributed by atoms with Crippen molar-refractivity contribution in [2.45, 2.75) is 26.6 Å². The molecule has 3 aromatic heterocycles. The van der Waals surface area contributed by atoms with Gasteiger partial charge in [-0.2, -0.15) is 23.4 Å². The van der Waals surface area contributed by atoms with Crippen LogP contribution in [0.15, 0.2) is 36.5 Å². The van der Waals surface area contributed by atoms with Crippen LogP contribution < -0.4 is 0 Å². The third-order valence-electron chi connectivity index (χ3n) is 4.97. The molecular weight excluding hydrogens is 403 g/mol. The maximum absolute atomic E-state index is 13.9. The van der Waals surface area contributed by atoms with Gasteiger partial charge in [0, 0.05) is 23.3 Å². The summed E-state index contributed by atoms with van der Waals surface area (Å²) < 4.78 is 44.7. The molecule has 3 heterocycles. The number of hydrogen-bond donors (Lipinski definition) is 0. The Balaban J connectivity index is 1.98. The lowest BCUT2D eigenvalue weighted by Gasteiger charge is -2.12. The fourth-order valence-corrected chi connectivity index (χ4v) is 3.56. The second kappa shape index (κ2) is 6.88. The van der Waals surface area contributed by atoms with Crippen molar-refractivity contribution in [1.29, 1.82) is 0 Å². The van der Waals surface area contributed by atoms with Crippen molar-refractivity contribution in [3.8, 4) is 11.3 Å². The Morgan fingerprint density at radius 1 is 1.14 bits per heavy atom. The molecule has 0 atom stereocenters. The highest BCUT2D eigenvalue weighted by Gasteiger charge is 2.36. The molecule has 4 rings (SSSR count). The van der Waals surface area contributed by atoms with Crippen LogP contribution >= 0.6 is 11.6 Å². The average molecular weight is 420 g/mol. The molecule has 5 nitrogen and oxygen atoms in total. The van der Waals surface area contributed by atoms with Crippen LogP contribution in [0.4, 0.5) is 13.2 Å². The molecule has 29 heavy (non-hydrogen) atoms. The van der Waals surface area contributed by atoms with E-state index in [0.717, 1.165) is 17.3 Å². The highest BCUT2D eigenvalue weighted by molar-refractivity contribution is 6.31. The van der Waals surface area contributed by atoms with E-state index in [4.69, 9.17) is 11.6 Å². The molecule has 0 saturated heterocycles. The highest BCUT2D eigenvalue weighted by Crippen LogP contribution is 2.38. The predicted octanol–water partition coefficient (Wildman–Crippen LogP) is 5.17. The van der Waals surface area contributed by atoms with Crippen molar-refractivity contribution in [1.82, 2.24) is 24.5 Å². The van der Waals surface area contributed by atoms with Crippen LogP contribution in [0.25, 0.3) is 22.3 Å². The van der Waals surface area contributed by atoms with Crippen LogP contribution in [0.5, 0.6) is 0 Å². The summed E-state index contributed by atoms with van der Waals surface area (Å²) in [7, 11) is 1.73. The first-order valence-corrected chi connectivity index (χ1v) is 9.22. The first-order valence-electron chi connectivity index (χ1n) is 8.84. The number of rotatable bonds is 3. The monoisotopic (exact) mass is 419 g/mol. The van der Waals surface area contributed by atoms with E-state index < -0.39 is 11.7 Å². The van der Waals surface area contributed by atoms with Gasteiger partial charge in [0.2, 0.25) is 0 Å². The number of benzene rings is 1. The number of alkyl halides is 3. The largest absolute Gasteiger partial charge is 0.417 e. The molecule has 4 aromatic rings. The summed E-state index contributed by atoms with van der Waals surface area (Å²) in [6.07, 6.45) is -3.03. The Morgan fingerprint density at radius 3 is 2.48 bits per heavy atom. The zero-order valence-corrected chi connectivity index (χ0v) is 16.7. The van der Waals surface area contributed by atoms with Crippen molar-refractivity contribution < 1.29 is 13.2 Å². The second-order valence-electron chi connectivity index (χ2n) is 6.85. The molecule has 0 bridgehead atoms. The number of nitrogens with zero attached hydrogens (tertiary/aromatic N) is 5. The van der Waals surface area contributed by atoms with E-state index in [0.29, 0.717) is 10.6 Å². The summed E-state index contributed by atoms with van der Waals surface area (Å²) in [5, 5.41) is 8.98. The Bertz CT molecular complexity index is 1220. The smallest absolute Gasteiger partial charge is 0.272 e. The second-order valence-corrected chi connectivity index (χ2v) is 7.26. The maximum Gasteiger partial charge on any atom is 0.417 e. The Morgan fingerprint density at radius 2 is 1.86 bits per heavy atom. The van der Waals surface area contributed by atoms with Gasteiger partial charge in [0.15, 0.2) is 5.65 Å². The Labute approximate surface area is 169 Å². The van der Waals surface area contributed by atoms with E-state index in [1.165, 1.54) is 10.9 Å².